The zero-order chi connectivity index (χ0) is 14.0. The molecule has 1 aromatic rings. The number of carbonyl (C=O) groups is 2. The Kier molecular flexibility index (Phi) is 4.79. The van der Waals surface area contributed by atoms with Gasteiger partial charge in [-0.15, -0.1) is 11.3 Å². The lowest BCUT2D eigenvalue weighted by Gasteiger charge is -2.35. The van der Waals surface area contributed by atoms with E-state index in [1.54, 1.807) is 6.92 Å². The highest BCUT2D eigenvalue weighted by Crippen LogP contribution is 2.30. The molecule has 1 unspecified atom stereocenters. The van der Waals surface area contributed by atoms with Gasteiger partial charge in [-0.1, -0.05) is 0 Å². The summed E-state index contributed by atoms with van der Waals surface area (Å²) < 4.78 is 1.01. The minimum absolute atomic E-state index is 0.0738. The summed E-state index contributed by atoms with van der Waals surface area (Å²) in [5, 5.41) is 0. The summed E-state index contributed by atoms with van der Waals surface area (Å²) >= 11 is 4.94. The molecule has 1 aliphatic rings. The molecule has 1 fully saturated rings. The van der Waals surface area contributed by atoms with Crippen LogP contribution < -0.4 is 0 Å². The van der Waals surface area contributed by atoms with Gasteiger partial charge in [0.05, 0.1) is 8.66 Å². The van der Waals surface area contributed by atoms with Gasteiger partial charge in [-0.3, -0.25) is 9.59 Å². The predicted octanol–water partition coefficient (Wildman–Crippen LogP) is 3.79. The minimum atomic E-state index is 0.0738. The van der Waals surface area contributed by atoms with Crippen LogP contribution in [0.15, 0.2) is 9.85 Å². The number of halogens is 1. The van der Waals surface area contributed by atoms with Crippen molar-refractivity contribution < 1.29 is 9.59 Å². The number of aryl methyl sites for hydroxylation is 1. The van der Waals surface area contributed by atoms with Crippen molar-refractivity contribution in [3.8, 4) is 0 Å². The van der Waals surface area contributed by atoms with Crippen molar-refractivity contribution in [1.29, 1.82) is 0 Å². The van der Waals surface area contributed by atoms with Gasteiger partial charge in [-0.25, -0.2) is 0 Å². The average molecular weight is 344 g/mol. The van der Waals surface area contributed by atoms with Crippen LogP contribution in [-0.4, -0.2) is 29.2 Å². The van der Waals surface area contributed by atoms with Crippen molar-refractivity contribution in [3.05, 3.63) is 20.3 Å². The number of hydrogen-bond acceptors (Lipinski definition) is 3. The second-order valence-corrected chi connectivity index (χ2v) is 7.49. The van der Waals surface area contributed by atoms with Crippen LogP contribution in [0.1, 0.15) is 47.8 Å². The number of carbonyl (C=O) groups excluding carboxylic acids is 2. The summed E-state index contributed by atoms with van der Waals surface area (Å²) in [4.78, 5) is 26.5. The van der Waals surface area contributed by atoms with E-state index in [-0.39, 0.29) is 17.7 Å². The molecule has 0 radical (unpaired) electrons. The van der Waals surface area contributed by atoms with Crippen molar-refractivity contribution in [2.45, 2.75) is 45.6 Å². The Labute approximate surface area is 126 Å². The first-order valence-corrected chi connectivity index (χ1v) is 8.16. The Morgan fingerprint density at radius 1 is 1.47 bits per heavy atom. The fraction of sp³-hybridized carbons (Fsp3) is 0.571. The van der Waals surface area contributed by atoms with Crippen molar-refractivity contribution in [1.82, 2.24) is 4.90 Å². The second-order valence-electron chi connectivity index (χ2n) is 5.12. The molecule has 1 aromatic heterocycles. The van der Waals surface area contributed by atoms with Gasteiger partial charge in [-0.2, -0.15) is 0 Å². The number of Topliss-reactive ketones (excluding diaryl/α,β-unsaturated/α-hetero) is 1. The summed E-state index contributed by atoms with van der Waals surface area (Å²) in [6, 6.07) is 2.01. The van der Waals surface area contributed by atoms with E-state index in [1.165, 1.54) is 11.3 Å². The Hall–Kier alpha value is -0.680. The Balaban J connectivity index is 2.17. The summed E-state index contributed by atoms with van der Waals surface area (Å²) in [5.74, 6) is 0.234. The lowest BCUT2D eigenvalue weighted by atomic mass is 9.97. The first-order chi connectivity index (χ1) is 8.99. The van der Waals surface area contributed by atoms with Crippen LogP contribution in [0, 0.1) is 6.92 Å². The molecule has 0 aromatic carbocycles. The molecule has 2 rings (SSSR count). The van der Waals surface area contributed by atoms with Crippen LogP contribution in [0.4, 0.5) is 0 Å². The number of piperidine rings is 1. The number of rotatable bonds is 3. The quantitative estimate of drug-likeness (QED) is 0.837. The molecule has 2 heterocycles. The van der Waals surface area contributed by atoms with Crippen molar-refractivity contribution in [2.24, 2.45) is 0 Å². The molecular formula is C14H18BrNO2S. The largest absolute Gasteiger partial charge is 0.335 e. The number of thiophene rings is 1. The van der Waals surface area contributed by atoms with E-state index in [0.29, 0.717) is 6.42 Å². The number of ketones is 1. The standard InChI is InChI=1S/C14H18BrNO2S/c1-9-7-12(19-13(9)15)14(18)16-6-4-3-5-11(16)8-10(2)17/h7,11H,3-6,8H2,1-2H3. The van der Waals surface area contributed by atoms with Gasteiger partial charge < -0.3 is 4.90 Å². The van der Waals surface area contributed by atoms with E-state index >= 15 is 0 Å². The third-order valence-corrected chi connectivity index (χ3v) is 5.60. The molecule has 1 amide bonds. The van der Waals surface area contributed by atoms with Crippen LogP contribution in [0.5, 0.6) is 0 Å². The Bertz CT molecular complexity index is 478. The SMILES string of the molecule is CC(=O)CC1CCCCN1C(=O)c1cc(C)c(Br)s1. The summed E-state index contributed by atoms with van der Waals surface area (Å²) in [7, 11) is 0. The maximum absolute atomic E-state index is 12.6. The monoisotopic (exact) mass is 343 g/mol. The van der Waals surface area contributed by atoms with E-state index in [1.807, 2.05) is 17.9 Å². The molecule has 0 aliphatic carbocycles. The highest BCUT2D eigenvalue weighted by atomic mass is 79.9. The van der Waals surface area contributed by atoms with Gasteiger partial charge in [0, 0.05) is 19.0 Å². The van der Waals surface area contributed by atoms with Gasteiger partial charge in [0.1, 0.15) is 5.78 Å². The topological polar surface area (TPSA) is 37.4 Å². The van der Waals surface area contributed by atoms with Crippen LogP contribution in [0.3, 0.4) is 0 Å². The fourth-order valence-electron chi connectivity index (χ4n) is 2.52. The molecule has 1 atom stereocenters. The molecule has 0 saturated carbocycles. The van der Waals surface area contributed by atoms with Crippen molar-refractivity contribution >= 4 is 39.0 Å². The number of amides is 1. The van der Waals surface area contributed by atoms with E-state index in [2.05, 4.69) is 15.9 Å². The second kappa shape index (κ2) is 6.18. The smallest absolute Gasteiger partial charge is 0.264 e. The highest BCUT2D eigenvalue weighted by molar-refractivity contribution is 9.11. The van der Waals surface area contributed by atoms with E-state index < -0.39 is 0 Å². The summed E-state index contributed by atoms with van der Waals surface area (Å²) in [6.07, 6.45) is 3.56. The summed E-state index contributed by atoms with van der Waals surface area (Å²) in [6.45, 7) is 4.36. The third kappa shape index (κ3) is 3.45. The van der Waals surface area contributed by atoms with Gasteiger partial charge in [0.2, 0.25) is 0 Å². The first kappa shape index (κ1) is 14.7. The molecular weight excluding hydrogens is 326 g/mol. The first-order valence-electron chi connectivity index (χ1n) is 6.55. The zero-order valence-electron chi connectivity index (χ0n) is 11.2. The molecule has 0 N–H and O–H groups in total. The minimum Gasteiger partial charge on any atom is -0.335 e. The normalized spacial score (nSPS) is 19.5. The Morgan fingerprint density at radius 2 is 2.21 bits per heavy atom. The van der Waals surface area contributed by atoms with E-state index in [4.69, 9.17) is 0 Å². The molecule has 0 spiro atoms. The number of likely N-dealkylation sites (tertiary alicyclic amines) is 1. The molecule has 1 saturated heterocycles. The third-order valence-electron chi connectivity index (χ3n) is 3.48. The van der Waals surface area contributed by atoms with Gasteiger partial charge in [0.15, 0.2) is 0 Å². The van der Waals surface area contributed by atoms with E-state index in [9.17, 15) is 9.59 Å². The van der Waals surface area contributed by atoms with Gasteiger partial charge >= 0.3 is 0 Å². The van der Waals surface area contributed by atoms with E-state index in [0.717, 1.165) is 40.0 Å². The predicted molar refractivity (Wildman–Crippen MR) is 80.7 cm³/mol. The van der Waals surface area contributed by atoms with Crippen LogP contribution in [0.2, 0.25) is 0 Å². The van der Waals surface area contributed by atoms with Gasteiger partial charge in [0.25, 0.3) is 5.91 Å². The van der Waals surface area contributed by atoms with Crippen LogP contribution >= 0.6 is 27.3 Å². The molecule has 5 heteroatoms. The molecule has 0 bridgehead atoms. The summed E-state index contributed by atoms with van der Waals surface area (Å²) in [5.41, 5.74) is 1.09. The fourth-order valence-corrected chi connectivity index (χ4v) is 4.01. The van der Waals surface area contributed by atoms with Crippen LogP contribution in [0.25, 0.3) is 0 Å². The maximum Gasteiger partial charge on any atom is 0.264 e. The molecule has 1 aliphatic heterocycles. The van der Waals surface area contributed by atoms with Crippen molar-refractivity contribution in [3.63, 3.8) is 0 Å². The Morgan fingerprint density at radius 3 is 2.79 bits per heavy atom. The molecule has 3 nitrogen and oxygen atoms in total. The lowest BCUT2D eigenvalue weighted by Crippen LogP contribution is -2.44. The van der Waals surface area contributed by atoms with Crippen LogP contribution in [-0.2, 0) is 4.79 Å². The maximum atomic E-state index is 12.6. The highest BCUT2D eigenvalue weighted by Gasteiger charge is 2.29. The number of nitrogens with zero attached hydrogens (tertiary/aromatic N) is 1. The molecule has 19 heavy (non-hydrogen) atoms. The lowest BCUT2D eigenvalue weighted by molar-refractivity contribution is -0.118. The average Bonchev–Trinajstić information content (AvgIpc) is 2.69. The zero-order valence-corrected chi connectivity index (χ0v) is 13.6. The molecule has 104 valence electrons. The van der Waals surface area contributed by atoms with Gasteiger partial charge in [-0.05, 0) is 60.7 Å². The van der Waals surface area contributed by atoms with Crippen molar-refractivity contribution in [2.75, 3.05) is 6.54 Å². The number of hydrogen-bond donors (Lipinski definition) is 0.